The van der Waals surface area contributed by atoms with Crippen molar-refractivity contribution in [2.24, 2.45) is 0 Å². The second kappa shape index (κ2) is 7.03. The fourth-order valence-electron chi connectivity index (χ4n) is 1.85. The van der Waals surface area contributed by atoms with Crippen molar-refractivity contribution in [3.8, 4) is 11.8 Å². The molecule has 1 N–H and O–H groups in total. The summed E-state index contributed by atoms with van der Waals surface area (Å²) in [6, 6.07) is 9.43. The van der Waals surface area contributed by atoms with Crippen LogP contribution in [0.5, 0.6) is 0 Å². The smallest absolute Gasteiger partial charge is 0.207 e. The second-order valence-corrected chi connectivity index (χ2v) is 6.34. The van der Waals surface area contributed by atoms with Crippen molar-refractivity contribution in [3.05, 3.63) is 65.5 Å². The van der Waals surface area contributed by atoms with Crippen LogP contribution in [0.1, 0.15) is 11.1 Å². The fraction of sp³-hybridized carbons (Fsp3) is 0.125. The van der Waals surface area contributed by atoms with E-state index in [9.17, 15) is 26.0 Å². The summed E-state index contributed by atoms with van der Waals surface area (Å²) in [6.45, 7) is -0.455. The third kappa shape index (κ3) is 4.34. The predicted octanol–water partition coefficient (Wildman–Crippen LogP) is 3.17. The van der Waals surface area contributed by atoms with Gasteiger partial charge < -0.3 is 0 Å². The van der Waals surface area contributed by atoms with Crippen LogP contribution in [-0.2, 0) is 16.2 Å². The van der Waals surface area contributed by atoms with Gasteiger partial charge in [0.15, 0.2) is 0 Å². The van der Waals surface area contributed by atoms with Crippen molar-refractivity contribution in [1.29, 1.82) is 0 Å². The standard InChI is InChI=1S/C16H11F4NO2S/c17-14-9-3-4-10-15(14)24(22,23)21-11-5-7-12-6-1-2-8-13(12)16(18,19)20/h1-4,6,8-10,21H,11H2. The van der Waals surface area contributed by atoms with Crippen molar-refractivity contribution < 1.29 is 26.0 Å². The van der Waals surface area contributed by atoms with Gasteiger partial charge in [-0.15, -0.1) is 0 Å². The average molecular weight is 357 g/mol. The van der Waals surface area contributed by atoms with Gasteiger partial charge in [-0.25, -0.2) is 12.8 Å². The molecule has 8 heteroatoms. The van der Waals surface area contributed by atoms with E-state index < -0.39 is 39.0 Å². The first kappa shape index (κ1) is 18.0. The largest absolute Gasteiger partial charge is 0.417 e. The van der Waals surface area contributed by atoms with Crippen LogP contribution in [0.4, 0.5) is 17.6 Å². The first-order valence-electron chi connectivity index (χ1n) is 6.61. The lowest BCUT2D eigenvalue weighted by atomic mass is 10.1. The van der Waals surface area contributed by atoms with Crippen molar-refractivity contribution in [1.82, 2.24) is 4.72 Å². The summed E-state index contributed by atoms with van der Waals surface area (Å²) < 4.78 is 77.6. The molecule has 0 saturated heterocycles. The maximum atomic E-state index is 13.5. The van der Waals surface area contributed by atoms with E-state index in [1.807, 2.05) is 4.72 Å². The van der Waals surface area contributed by atoms with Gasteiger partial charge >= 0.3 is 6.18 Å². The summed E-state index contributed by atoms with van der Waals surface area (Å²) >= 11 is 0. The summed E-state index contributed by atoms with van der Waals surface area (Å²) in [6.07, 6.45) is -4.56. The molecule has 0 aliphatic rings. The number of sulfonamides is 1. The van der Waals surface area contributed by atoms with E-state index >= 15 is 0 Å². The Kier molecular flexibility index (Phi) is 5.26. The highest BCUT2D eigenvalue weighted by Gasteiger charge is 2.32. The molecule has 0 aliphatic carbocycles. The SMILES string of the molecule is O=S(=O)(NCC#Cc1ccccc1C(F)(F)F)c1ccccc1F. The van der Waals surface area contributed by atoms with E-state index in [0.29, 0.717) is 0 Å². The molecule has 24 heavy (non-hydrogen) atoms. The molecule has 0 radical (unpaired) electrons. The molecule has 0 heterocycles. The minimum absolute atomic E-state index is 0.268. The third-order valence-electron chi connectivity index (χ3n) is 2.93. The zero-order valence-corrected chi connectivity index (χ0v) is 12.9. The van der Waals surface area contributed by atoms with Crippen molar-refractivity contribution >= 4 is 10.0 Å². The van der Waals surface area contributed by atoms with Crippen LogP contribution in [0.15, 0.2) is 53.4 Å². The Morgan fingerprint density at radius 1 is 1.00 bits per heavy atom. The van der Waals surface area contributed by atoms with E-state index in [4.69, 9.17) is 0 Å². The number of benzene rings is 2. The normalized spacial score (nSPS) is 11.7. The molecule has 0 spiro atoms. The van der Waals surface area contributed by atoms with Gasteiger partial charge in [0.1, 0.15) is 10.7 Å². The van der Waals surface area contributed by atoms with E-state index in [2.05, 4.69) is 11.8 Å². The Balaban J connectivity index is 2.15. The van der Waals surface area contributed by atoms with E-state index in [1.54, 1.807) is 0 Å². The van der Waals surface area contributed by atoms with Crippen LogP contribution < -0.4 is 4.72 Å². The number of hydrogen-bond donors (Lipinski definition) is 1. The van der Waals surface area contributed by atoms with Crippen LogP contribution >= 0.6 is 0 Å². The molecular formula is C16H11F4NO2S. The van der Waals surface area contributed by atoms with Crippen molar-refractivity contribution in [2.45, 2.75) is 11.1 Å². The van der Waals surface area contributed by atoms with Gasteiger partial charge in [0, 0.05) is 5.56 Å². The molecule has 0 bridgehead atoms. The first-order valence-corrected chi connectivity index (χ1v) is 8.09. The quantitative estimate of drug-likeness (QED) is 0.678. The van der Waals surface area contributed by atoms with E-state index in [0.717, 1.165) is 18.2 Å². The van der Waals surface area contributed by atoms with Gasteiger partial charge in [-0.2, -0.15) is 17.9 Å². The monoisotopic (exact) mass is 357 g/mol. The highest BCUT2D eigenvalue weighted by atomic mass is 32.2. The first-order chi connectivity index (χ1) is 11.2. The Hall–Kier alpha value is -2.37. The Labute approximate surface area is 136 Å². The molecule has 2 aromatic carbocycles. The number of nitrogens with one attached hydrogen (secondary N) is 1. The predicted molar refractivity (Wildman–Crippen MR) is 79.9 cm³/mol. The van der Waals surface area contributed by atoms with E-state index in [1.165, 1.54) is 30.3 Å². The van der Waals surface area contributed by atoms with Gasteiger partial charge in [-0.05, 0) is 24.3 Å². The van der Waals surface area contributed by atoms with Gasteiger partial charge in [0.25, 0.3) is 0 Å². The maximum Gasteiger partial charge on any atom is 0.417 e. The molecule has 0 saturated carbocycles. The molecule has 0 amide bonds. The van der Waals surface area contributed by atoms with Crippen LogP contribution in [-0.4, -0.2) is 15.0 Å². The van der Waals surface area contributed by atoms with Gasteiger partial charge in [-0.1, -0.05) is 36.1 Å². The van der Waals surface area contributed by atoms with Gasteiger partial charge in [0.05, 0.1) is 12.1 Å². The lowest BCUT2D eigenvalue weighted by molar-refractivity contribution is -0.137. The van der Waals surface area contributed by atoms with Crippen molar-refractivity contribution in [3.63, 3.8) is 0 Å². The molecule has 0 aromatic heterocycles. The minimum Gasteiger partial charge on any atom is -0.207 e. The minimum atomic E-state index is -4.56. The highest BCUT2D eigenvalue weighted by molar-refractivity contribution is 7.89. The number of halogens is 4. The summed E-state index contributed by atoms with van der Waals surface area (Å²) in [5.74, 6) is 3.63. The summed E-state index contributed by atoms with van der Waals surface area (Å²) in [5, 5.41) is 0. The van der Waals surface area contributed by atoms with Gasteiger partial charge in [-0.3, -0.25) is 0 Å². The summed E-state index contributed by atoms with van der Waals surface area (Å²) in [7, 11) is -4.13. The van der Waals surface area contributed by atoms with Crippen LogP contribution in [0, 0.1) is 17.7 Å². The van der Waals surface area contributed by atoms with Crippen LogP contribution in [0.2, 0.25) is 0 Å². The zero-order chi connectivity index (χ0) is 17.8. The van der Waals surface area contributed by atoms with Crippen LogP contribution in [0.3, 0.4) is 0 Å². The lowest BCUT2D eigenvalue weighted by Crippen LogP contribution is -2.24. The molecule has 0 aliphatic heterocycles. The van der Waals surface area contributed by atoms with Gasteiger partial charge in [0.2, 0.25) is 10.0 Å². The molecule has 0 fully saturated rings. The zero-order valence-electron chi connectivity index (χ0n) is 12.1. The maximum absolute atomic E-state index is 13.5. The Morgan fingerprint density at radius 3 is 2.29 bits per heavy atom. The summed E-state index contributed by atoms with van der Waals surface area (Å²) in [4.78, 5) is -0.553. The highest BCUT2D eigenvalue weighted by Crippen LogP contribution is 2.31. The fourth-order valence-corrected chi connectivity index (χ4v) is 2.85. The van der Waals surface area contributed by atoms with Crippen LogP contribution in [0.25, 0.3) is 0 Å². The Bertz CT molecular complexity index is 896. The number of hydrogen-bond acceptors (Lipinski definition) is 2. The van der Waals surface area contributed by atoms with Crippen molar-refractivity contribution in [2.75, 3.05) is 6.54 Å². The molecule has 2 aromatic rings. The third-order valence-corrected chi connectivity index (χ3v) is 4.37. The number of rotatable bonds is 3. The second-order valence-electron chi connectivity index (χ2n) is 4.60. The Morgan fingerprint density at radius 2 is 1.62 bits per heavy atom. The molecule has 3 nitrogen and oxygen atoms in total. The summed E-state index contributed by atoms with van der Waals surface area (Å²) in [5.41, 5.74) is -1.18. The number of alkyl halides is 3. The average Bonchev–Trinajstić information content (AvgIpc) is 2.51. The molecule has 2 rings (SSSR count). The van der Waals surface area contributed by atoms with E-state index in [-0.39, 0.29) is 5.56 Å². The topological polar surface area (TPSA) is 46.2 Å². The molecule has 0 unspecified atom stereocenters. The molecular weight excluding hydrogens is 346 g/mol. The molecule has 0 atom stereocenters. The molecule has 126 valence electrons. The lowest BCUT2D eigenvalue weighted by Gasteiger charge is -2.08.